The molecule has 2 fully saturated rings. The third kappa shape index (κ3) is 1.25. The molecule has 0 radical (unpaired) electrons. The lowest BCUT2D eigenvalue weighted by molar-refractivity contribution is -0.138. The summed E-state index contributed by atoms with van der Waals surface area (Å²) in [4.78, 5) is 11.8. The predicted molar refractivity (Wildman–Crippen MR) is 48.3 cm³/mol. The zero-order valence-electron chi connectivity index (χ0n) is 7.93. The van der Waals surface area contributed by atoms with Crippen LogP contribution < -0.4 is 10.6 Å². The van der Waals surface area contributed by atoms with Gasteiger partial charge in [-0.1, -0.05) is 0 Å². The number of hydrogen-bond acceptors (Lipinski definition) is 3. The molecule has 2 atom stereocenters. The second kappa shape index (κ2) is 3.27. The molecule has 0 saturated carbocycles. The molecule has 4 nitrogen and oxygen atoms in total. The number of nitrogens with one attached hydrogen (secondary N) is 2. The van der Waals surface area contributed by atoms with Crippen molar-refractivity contribution in [2.75, 3.05) is 33.4 Å². The molecule has 0 aromatic rings. The fraction of sp³-hybridized carbons (Fsp3) is 0.889. The average Bonchev–Trinajstić information content (AvgIpc) is 2.61. The van der Waals surface area contributed by atoms with Crippen LogP contribution in [0.3, 0.4) is 0 Å². The highest BCUT2D eigenvalue weighted by atomic mass is 16.5. The highest BCUT2D eigenvalue weighted by Crippen LogP contribution is 2.38. The summed E-state index contributed by atoms with van der Waals surface area (Å²) in [6.45, 7) is 3.15. The molecule has 4 heteroatoms. The number of carbonyl (C=O) groups is 1. The Bertz CT molecular complexity index is 220. The van der Waals surface area contributed by atoms with Gasteiger partial charge in [-0.05, 0) is 6.42 Å². The molecular weight excluding hydrogens is 168 g/mol. The Balaban J connectivity index is 2.20. The lowest BCUT2D eigenvalue weighted by Crippen LogP contribution is -2.49. The van der Waals surface area contributed by atoms with E-state index in [4.69, 9.17) is 4.74 Å². The van der Waals surface area contributed by atoms with Crippen LogP contribution in [0, 0.1) is 11.3 Å². The van der Waals surface area contributed by atoms with Crippen molar-refractivity contribution in [3.8, 4) is 0 Å². The second-order valence-corrected chi connectivity index (χ2v) is 3.89. The van der Waals surface area contributed by atoms with Gasteiger partial charge in [0, 0.05) is 32.7 Å². The maximum absolute atomic E-state index is 11.8. The van der Waals surface area contributed by atoms with E-state index in [0.29, 0.717) is 12.5 Å². The Morgan fingerprint density at radius 3 is 3.31 bits per heavy atom. The molecule has 0 unspecified atom stereocenters. The SMILES string of the molecule is CNC(=O)[C@]12CCOC[C@H]1CNC2. The van der Waals surface area contributed by atoms with Crippen LogP contribution >= 0.6 is 0 Å². The number of rotatable bonds is 1. The number of hydrogen-bond donors (Lipinski definition) is 2. The zero-order chi connectivity index (χ0) is 9.31. The lowest BCUT2D eigenvalue weighted by atomic mass is 9.74. The quantitative estimate of drug-likeness (QED) is 0.570. The van der Waals surface area contributed by atoms with Crippen molar-refractivity contribution in [3.05, 3.63) is 0 Å². The van der Waals surface area contributed by atoms with Crippen LogP contribution in [-0.2, 0) is 9.53 Å². The molecule has 0 aliphatic carbocycles. The van der Waals surface area contributed by atoms with Crippen molar-refractivity contribution >= 4 is 5.91 Å². The Kier molecular flexibility index (Phi) is 2.26. The van der Waals surface area contributed by atoms with E-state index in [2.05, 4.69) is 10.6 Å². The fourth-order valence-corrected chi connectivity index (χ4v) is 2.43. The minimum absolute atomic E-state index is 0.172. The van der Waals surface area contributed by atoms with Crippen molar-refractivity contribution in [2.24, 2.45) is 11.3 Å². The van der Waals surface area contributed by atoms with Crippen LogP contribution in [0.25, 0.3) is 0 Å². The smallest absolute Gasteiger partial charge is 0.227 e. The van der Waals surface area contributed by atoms with Crippen molar-refractivity contribution in [2.45, 2.75) is 6.42 Å². The van der Waals surface area contributed by atoms with Gasteiger partial charge in [-0.3, -0.25) is 4.79 Å². The Labute approximate surface area is 78.0 Å². The first-order chi connectivity index (χ1) is 6.29. The van der Waals surface area contributed by atoms with Gasteiger partial charge < -0.3 is 15.4 Å². The van der Waals surface area contributed by atoms with Gasteiger partial charge in [-0.2, -0.15) is 0 Å². The summed E-state index contributed by atoms with van der Waals surface area (Å²) in [5.74, 6) is 0.534. The van der Waals surface area contributed by atoms with E-state index in [9.17, 15) is 4.79 Å². The predicted octanol–water partition coefficient (Wildman–Crippen LogP) is -0.641. The molecule has 2 rings (SSSR count). The molecule has 2 saturated heterocycles. The molecule has 0 bridgehead atoms. The maximum Gasteiger partial charge on any atom is 0.227 e. The molecule has 0 spiro atoms. The van der Waals surface area contributed by atoms with Crippen LogP contribution in [0.4, 0.5) is 0 Å². The van der Waals surface area contributed by atoms with E-state index in [-0.39, 0.29) is 11.3 Å². The summed E-state index contributed by atoms with van der Waals surface area (Å²) in [7, 11) is 1.71. The minimum atomic E-state index is -0.187. The first-order valence-corrected chi connectivity index (χ1v) is 4.80. The first-order valence-electron chi connectivity index (χ1n) is 4.80. The summed E-state index contributed by atoms with van der Waals surface area (Å²) < 4.78 is 5.38. The van der Waals surface area contributed by atoms with Crippen molar-refractivity contribution in [1.29, 1.82) is 0 Å². The summed E-state index contributed by atoms with van der Waals surface area (Å²) in [5, 5.41) is 6.04. The second-order valence-electron chi connectivity index (χ2n) is 3.89. The van der Waals surface area contributed by atoms with Crippen LogP contribution in [-0.4, -0.2) is 39.3 Å². The standard InChI is InChI=1S/C9H16N2O2/c1-10-8(12)9-2-3-13-5-7(9)4-11-6-9/h7,11H,2-6H2,1H3,(H,10,12)/t7-,9+/m1/s1. The molecule has 2 aliphatic rings. The van der Waals surface area contributed by atoms with E-state index in [1.807, 2.05) is 0 Å². The lowest BCUT2D eigenvalue weighted by Gasteiger charge is -2.36. The third-order valence-electron chi connectivity index (χ3n) is 3.30. The van der Waals surface area contributed by atoms with Gasteiger partial charge >= 0.3 is 0 Å². The number of carbonyl (C=O) groups excluding carboxylic acids is 1. The van der Waals surface area contributed by atoms with Crippen molar-refractivity contribution in [3.63, 3.8) is 0 Å². The van der Waals surface area contributed by atoms with Crippen LogP contribution in [0.5, 0.6) is 0 Å². The summed E-state index contributed by atoms with van der Waals surface area (Å²) in [6, 6.07) is 0. The number of amides is 1. The molecule has 2 heterocycles. The summed E-state index contributed by atoms with van der Waals surface area (Å²) in [5.41, 5.74) is -0.187. The van der Waals surface area contributed by atoms with E-state index < -0.39 is 0 Å². The van der Waals surface area contributed by atoms with Crippen molar-refractivity contribution in [1.82, 2.24) is 10.6 Å². The normalized spacial score (nSPS) is 38.4. The number of fused-ring (bicyclic) bond motifs is 1. The van der Waals surface area contributed by atoms with Crippen molar-refractivity contribution < 1.29 is 9.53 Å². The van der Waals surface area contributed by atoms with Gasteiger partial charge in [0.2, 0.25) is 5.91 Å². The van der Waals surface area contributed by atoms with Gasteiger partial charge in [0.1, 0.15) is 0 Å². The summed E-state index contributed by atoms with van der Waals surface area (Å²) >= 11 is 0. The maximum atomic E-state index is 11.8. The van der Waals surface area contributed by atoms with E-state index >= 15 is 0 Å². The first kappa shape index (κ1) is 8.97. The van der Waals surface area contributed by atoms with Gasteiger partial charge in [0.25, 0.3) is 0 Å². The van der Waals surface area contributed by atoms with E-state index in [1.165, 1.54) is 0 Å². The molecule has 0 aromatic heterocycles. The Morgan fingerprint density at radius 1 is 1.69 bits per heavy atom. The zero-order valence-corrected chi connectivity index (χ0v) is 7.93. The molecular formula is C9H16N2O2. The molecule has 13 heavy (non-hydrogen) atoms. The number of ether oxygens (including phenoxy) is 1. The average molecular weight is 184 g/mol. The van der Waals surface area contributed by atoms with Crippen LogP contribution in [0.1, 0.15) is 6.42 Å². The molecule has 2 N–H and O–H groups in total. The topological polar surface area (TPSA) is 50.4 Å². The Hall–Kier alpha value is -0.610. The monoisotopic (exact) mass is 184 g/mol. The van der Waals surface area contributed by atoms with E-state index in [1.54, 1.807) is 7.05 Å². The fourth-order valence-electron chi connectivity index (χ4n) is 2.43. The Morgan fingerprint density at radius 2 is 2.54 bits per heavy atom. The largest absolute Gasteiger partial charge is 0.381 e. The van der Waals surface area contributed by atoms with Crippen LogP contribution in [0.15, 0.2) is 0 Å². The van der Waals surface area contributed by atoms with Gasteiger partial charge in [-0.25, -0.2) is 0 Å². The van der Waals surface area contributed by atoms with Gasteiger partial charge in [0.05, 0.1) is 12.0 Å². The minimum Gasteiger partial charge on any atom is -0.381 e. The third-order valence-corrected chi connectivity index (χ3v) is 3.30. The van der Waals surface area contributed by atoms with Gasteiger partial charge in [0.15, 0.2) is 0 Å². The van der Waals surface area contributed by atoms with Crippen LogP contribution in [0.2, 0.25) is 0 Å². The molecule has 2 aliphatic heterocycles. The van der Waals surface area contributed by atoms with Gasteiger partial charge in [-0.15, -0.1) is 0 Å². The molecule has 0 aromatic carbocycles. The van der Waals surface area contributed by atoms with E-state index in [0.717, 1.165) is 26.1 Å². The molecule has 74 valence electrons. The highest BCUT2D eigenvalue weighted by molar-refractivity contribution is 5.83. The summed E-state index contributed by atoms with van der Waals surface area (Å²) in [6.07, 6.45) is 0.852. The highest BCUT2D eigenvalue weighted by Gasteiger charge is 2.50. The molecule has 1 amide bonds.